The van der Waals surface area contributed by atoms with Gasteiger partial charge in [0.05, 0.1) is 17.8 Å². The lowest BCUT2D eigenvalue weighted by molar-refractivity contribution is 0.0578. The summed E-state index contributed by atoms with van der Waals surface area (Å²) in [6, 6.07) is 12.3. The van der Waals surface area contributed by atoms with Crippen LogP contribution in [0, 0.1) is 6.92 Å². The van der Waals surface area contributed by atoms with Crippen LogP contribution in [0.1, 0.15) is 19.4 Å². The van der Waals surface area contributed by atoms with Gasteiger partial charge in [0.2, 0.25) is 0 Å². The van der Waals surface area contributed by atoms with Crippen molar-refractivity contribution in [1.29, 1.82) is 0 Å². The molecular weight excluding hydrogens is 286 g/mol. The van der Waals surface area contributed by atoms with Crippen LogP contribution in [0.4, 0.5) is 0 Å². The van der Waals surface area contributed by atoms with Crippen LogP contribution >= 0.6 is 0 Å². The van der Waals surface area contributed by atoms with Crippen molar-refractivity contribution in [1.82, 2.24) is 14.8 Å². The third-order valence-electron chi connectivity index (χ3n) is 3.68. The van der Waals surface area contributed by atoms with Gasteiger partial charge in [-0.15, -0.1) is 0 Å². The van der Waals surface area contributed by atoms with E-state index in [0.717, 1.165) is 22.4 Å². The normalized spacial score (nSPS) is 11.7. The van der Waals surface area contributed by atoms with E-state index in [9.17, 15) is 5.11 Å². The van der Waals surface area contributed by atoms with Crippen LogP contribution in [0.15, 0.2) is 55.0 Å². The number of aliphatic hydroxyl groups is 1. The Hall–Kier alpha value is -2.46. The molecule has 4 nitrogen and oxygen atoms in total. The Morgan fingerprint density at radius 3 is 2.65 bits per heavy atom. The number of aryl methyl sites for hydroxylation is 1. The Morgan fingerprint density at radius 1 is 1.13 bits per heavy atom. The Morgan fingerprint density at radius 2 is 1.91 bits per heavy atom. The van der Waals surface area contributed by atoms with Crippen molar-refractivity contribution in [2.75, 3.05) is 0 Å². The molecule has 0 saturated carbocycles. The molecule has 0 spiro atoms. The highest BCUT2D eigenvalue weighted by Crippen LogP contribution is 2.27. The van der Waals surface area contributed by atoms with Gasteiger partial charge in [-0.3, -0.25) is 9.67 Å². The first-order valence-electron chi connectivity index (χ1n) is 7.70. The summed E-state index contributed by atoms with van der Waals surface area (Å²) in [4.78, 5) is 4.15. The summed E-state index contributed by atoms with van der Waals surface area (Å²) in [5.41, 5.74) is 4.67. The summed E-state index contributed by atoms with van der Waals surface area (Å²) >= 11 is 0. The van der Waals surface area contributed by atoms with E-state index in [-0.39, 0.29) is 0 Å². The van der Waals surface area contributed by atoms with Crippen LogP contribution in [-0.4, -0.2) is 25.5 Å². The largest absolute Gasteiger partial charge is 0.389 e. The zero-order chi connectivity index (χ0) is 16.4. The molecule has 1 aromatic carbocycles. The summed E-state index contributed by atoms with van der Waals surface area (Å²) in [6.45, 7) is 6.09. The molecule has 2 heterocycles. The van der Waals surface area contributed by atoms with Gasteiger partial charge in [0.1, 0.15) is 0 Å². The number of nitrogens with zero attached hydrogens (tertiary/aromatic N) is 3. The minimum absolute atomic E-state index is 0.468. The molecule has 0 aliphatic rings. The highest BCUT2D eigenvalue weighted by atomic mass is 16.3. The van der Waals surface area contributed by atoms with Crippen LogP contribution in [0.2, 0.25) is 0 Å². The molecule has 1 N–H and O–H groups in total. The fourth-order valence-corrected chi connectivity index (χ4v) is 2.64. The van der Waals surface area contributed by atoms with Gasteiger partial charge in [0.15, 0.2) is 0 Å². The lowest BCUT2D eigenvalue weighted by atomic mass is 10.00. The molecular formula is C19H21N3O. The van der Waals surface area contributed by atoms with Crippen LogP contribution in [-0.2, 0) is 6.54 Å². The number of hydrogen-bond acceptors (Lipinski definition) is 3. The van der Waals surface area contributed by atoms with Crippen LogP contribution in [0.3, 0.4) is 0 Å². The van der Waals surface area contributed by atoms with Gasteiger partial charge in [0.25, 0.3) is 0 Å². The summed E-state index contributed by atoms with van der Waals surface area (Å²) in [6.07, 6.45) is 5.59. The maximum atomic E-state index is 9.91. The highest BCUT2D eigenvalue weighted by Gasteiger charge is 2.14. The number of aromatic nitrogens is 3. The maximum Gasteiger partial charge on any atom is 0.0923 e. The predicted octanol–water partition coefficient (Wildman–Crippen LogP) is 3.69. The van der Waals surface area contributed by atoms with Crippen LogP contribution in [0.5, 0.6) is 0 Å². The van der Waals surface area contributed by atoms with Crippen molar-refractivity contribution in [2.24, 2.45) is 0 Å². The minimum Gasteiger partial charge on any atom is -0.389 e. The quantitative estimate of drug-likeness (QED) is 0.799. The Balaban J connectivity index is 1.93. The van der Waals surface area contributed by atoms with Crippen molar-refractivity contribution in [2.45, 2.75) is 32.9 Å². The van der Waals surface area contributed by atoms with Gasteiger partial charge in [0, 0.05) is 24.2 Å². The van der Waals surface area contributed by atoms with E-state index in [4.69, 9.17) is 0 Å². The lowest BCUT2D eigenvalue weighted by Crippen LogP contribution is -2.26. The second-order valence-corrected chi connectivity index (χ2v) is 6.48. The van der Waals surface area contributed by atoms with Crippen LogP contribution < -0.4 is 0 Å². The number of hydrogen-bond donors (Lipinski definition) is 1. The molecule has 0 bridgehead atoms. The molecule has 0 unspecified atom stereocenters. The second-order valence-electron chi connectivity index (χ2n) is 6.48. The summed E-state index contributed by atoms with van der Waals surface area (Å²) in [5, 5.41) is 14.5. The predicted molar refractivity (Wildman–Crippen MR) is 91.9 cm³/mol. The first-order chi connectivity index (χ1) is 10.9. The molecule has 0 aliphatic carbocycles. The highest BCUT2D eigenvalue weighted by molar-refractivity contribution is 5.72. The first kappa shape index (κ1) is 15.4. The first-order valence-corrected chi connectivity index (χ1v) is 7.70. The summed E-state index contributed by atoms with van der Waals surface area (Å²) < 4.78 is 1.78. The van der Waals surface area contributed by atoms with Gasteiger partial charge in [-0.25, -0.2) is 0 Å². The number of benzene rings is 1. The molecule has 0 fully saturated rings. The molecule has 3 aromatic rings. The van der Waals surface area contributed by atoms with Crippen molar-refractivity contribution in [3.63, 3.8) is 0 Å². The van der Waals surface area contributed by atoms with Crippen LogP contribution in [0.25, 0.3) is 22.4 Å². The third kappa shape index (κ3) is 3.66. The standard InChI is InChI=1S/C19H21N3O/c1-14-12-20-9-7-17(14)15-5-4-6-16(11-15)18-8-10-22(21-18)13-19(2,3)23/h4-12,23H,13H2,1-3H3. The molecule has 2 aromatic heterocycles. The van der Waals surface area contributed by atoms with Crippen molar-refractivity contribution < 1.29 is 5.11 Å². The van der Waals surface area contributed by atoms with E-state index in [1.165, 1.54) is 5.56 Å². The average Bonchev–Trinajstić information content (AvgIpc) is 2.94. The third-order valence-corrected chi connectivity index (χ3v) is 3.68. The molecule has 0 radical (unpaired) electrons. The zero-order valence-electron chi connectivity index (χ0n) is 13.7. The molecule has 0 saturated heterocycles. The molecule has 4 heteroatoms. The molecule has 118 valence electrons. The SMILES string of the molecule is Cc1cnccc1-c1cccc(-c2ccn(CC(C)(C)O)n2)c1. The molecule has 3 rings (SSSR count). The van der Waals surface area contributed by atoms with E-state index >= 15 is 0 Å². The molecule has 23 heavy (non-hydrogen) atoms. The maximum absolute atomic E-state index is 9.91. The average molecular weight is 307 g/mol. The molecule has 0 amide bonds. The Kier molecular flexibility index (Phi) is 4.01. The number of pyridine rings is 1. The second kappa shape index (κ2) is 5.97. The minimum atomic E-state index is -0.778. The molecule has 0 atom stereocenters. The van der Waals surface area contributed by atoms with Gasteiger partial charge in [-0.1, -0.05) is 18.2 Å². The Labute approximate surface area is 136 Å². The molecule has 0 aliphatic heterocycles. The van der Waals surface area contributed by atoms with Gasteiger partial charge >= 0.3 is 0 Å². The van der Waals surface area contributed by atoms with E-state index in [1.54, 1.807) is 18.5 Å². The van der Waals surface area contributed by atoms with Crippen molar-refractivity contribution in [3.05, 3.63) is 60.6 Å². The van der Waals surface area contributed by atoms with E-state index in [2.05, 4.69) is 35.2 Å². The van der Waals surface area contributed by atoms with Crippen molar-refractivity contribution in [3.8, 4) is 22.4 Å². The lowest BCUT2D eigenvalue weighted by Gasteiger charge is -2.16. The fourth-order valence-electron chi connectivity index (χ4n) is 2.64. The Bertz CT molecular complexity index is 815. The summed E-state index contributed by atoms with van der Waals surface area (Å²) in [5.74, 6) is 0. The van der Waals surface area contributed by atoms with Gasteiger partial charge in [-0.2, -0.15) is 5.10 Å². The number of rotatable bonds is 4. The van der Waals surface area contributed by atoms with Gasteiger partial charge in [-0.05, 0) is 55.7 Å². The monoisotopic (exact) mass is 307 g/mol. The zero-order valence-corrected chi connectivity index (χ0v) is 13.7. The van der Waals surface area contributed by atoms with E-state index < -0.39 is 5.60 Å². The van der Waals surface area contributed by atoms with Gasteiger partial charge < -0.3 is 5.11 Å². The fraction of sp³-hybridized carbons (Fsp3) is 0.263. The van der Waals surface area contributed by atoms with E-state index in [1.807, 2.05) is 36.8 Å². The van der Waals surface area contributed by atoms with Crippen molar-refractivity contribution >= 4 is 0 Å². The topological polar surface area (TPSA) is 50.9 Å². The smallest absolute Gasteiger partial charge is 0.0923 e. The van der Waals surface area contributed by atoms with E-state index in [0.29, 0.717) is 6.54 Å². The summed E-state index contributed by atoms with van der Waals surface area (Å²) in [7, 11) is 0.